The Bertz CT molecular complexity index is 638. The van der Waals surface area contributed by atoms with Crippen LogP contribution in [0.25, 0.3) is 0 Å². The molecule has 1 amide bonds. The molecule has 0 aliphatic heterocycles. The van der Waals surface area contributed by atoms with Gasteiger partial charge in [0.15, 0.2) is 0 Å². The van der Waals surface area contributed by atoms with E-state index in [0.717, 1.165) is 0 Å². The topological polar surface area (TPSA) is 83.5 Å². The van der Waals surface area contributed by atoms with Crippen molar-refractivity contribution in [1.29, 1.82) is 0 Å². The zero-order valence-electron chi connectivity index (χ0n) is 10.5. The van der Waals surface area contributed by atoms with Crippen LogP contribution in [0.15, 0.2) is 41.8 Å². The smallest absolute Gasteiger partial charge is 0.267 e. The van der Waals surface area contributed by atoms with E-state index in [1.165, 1.54) is 24.3 Å². The van der Waals surface area contributed by atoms with Crippen molar-refractivity contribution in [2.24, 2.45) is 11.3 Å². The van der Waals surface area contributed by atoms with Gasteiger partial charge in [0.1, 0.15) is 10.6 Å². The summed E-state index contributed by atoms with van der Waals surface area (Å²) in [7, 11) is -4.05. The average Bonchev–Trinajstić information content (AvgIpc) is 3.02. The largest absolute Gasteiger partial charge is 0.507 e. The number of amides is 1. The lowest BCUT2D eigenvalue weighted by atomic mass is 10.1. The van der Waals surface area contributed by atoms with Gasteiger partial charge in [0.05, 0.1) is 5.41 Å². The molecule has 2 rings (SSSR count). The van der Waals surface area contributed by atoms with Crippen molar-refractivity contribution in [3.8, 4) is 5.75 Å². The molecular weight excluding hydrogens is 266 g/mol. The Kier molecular flexibility index (Phi) is 3.14. The summed E-state index contributed by atoms with van der Waals surface area (Å²) in [5.41, 5.74) is -0.723. The maximum atomic E-state index is 12.0. The number of rotatable bonds is 4. The van der Waals surface area contributed by atoms with Gasteiger partial charge in [0, 0.05) is 0 Å². The van der Waals surface area contributed by atoms with Crippen LogP contribution < -0.4 is 4.72 Å². The van der Waals surface area contributed by atoms with Gasteiger partial charge in [-0.1, -0.05) is 25.1 Å². The van der Waals surface area contributed by atoms with Crippen LogP contribution in [0.3, 0.4) is 0 Å². The van der Waals surface area contributed by atoms with Crippen LogP contribution in [0.1, 0.15) is 13.3 Å². The zero-order valence-corrected chi connectivity index (χ0v) is 11.3. The van der Waals surface area contributed by atoms with Crippen LogP contribution >= 0.6 is 0 Å². The molecule has 1 fully saturated rings. The van der Waals surface area contributed by atoms with E-state index < -0.39 is 21.3 Å². The highest BCUT2D eigenvalue weighted by molar-refractivity contribution is 7.90. The van der Waals surface area contributed by atoms with Crippen LogP contribution in [-0.4, -0.2) is 19.4 Å². The number of phenols is 1. The minimum absolute atomic E-state index is 0.00734. The summed E-state index contributed by atoms with van der Waals surface area (Å²) >= 11 is 0. The first kappa shape index (κ1) is 13.6. The van der Waals surface area contributed by atoms with E-state index in [1.54, 1.807) is 13.0 Å². The van der Waals surface area contributed by atoms with Crippen molar-refractivity contribution in [2.45, 2.75) is 18.2 Å². The molecule has 0 unspecified atom stereocenters. The number of aromatic hydroxyl groups is 1. The second-order valence-electron chi connectivity index (χ2n) is 4.87. The van der Waals surface area contributed by atoms with Crippen molar-refractivity contribution < 1.29 is 18.3 Å². The van der Waals surface area contributed by atoms with Gasteiger partial charge in [-0.05, 0) is 24.5 Å². The highest BCUT2D eigenvalue weighted by atomic mass is 32.2. The number of para-hydroxylation sites is 1. The van der Waals surface area contributed by atoms with Gasteiger partial charge in [0.25, 0.3) is 10.0 Å². The summed E-state index contributed by atoms with van der Waals surface area (Å²) in [6.45, 7) is 5.29. The Labute approximate surface area is 112 Å². The molecule has 19 heavy (non-hydrogen) atoms. The molecule has 6 heteroatoms. The lowest BCUT2D eigenvalue weighted by Crippen LogP contribution is -2.36. The van der Waals surface area contributed by atoms with Gasteiger partial charge in [-0.25, -0.2) is 13.1 Å². The van der Waals surface area contributed by atoms with Crippen molar-refractivity contribution in [3.63, 3.8) is 0 Å². The molecule has 1 aliphatic carbocycles. The van der Waals surface area contributed by atoms with E-state index in [2.05, 4.69) is 6.58 Å². The molecular formula is C13H15NO4S. The van der Waals surface area contributed by atoms with Gasteiger partial charge in [0.2, 0.25) is 5.91 Å². The molecule has 1 aromatic carbocycles. The van der Waals surface area contributed by atoms with E-state index in [9.17, 15) is 18.3 Å². The number of hydrogen-bond acceptors (Lipinski definition) is 4. The Hall–Kier alpha value is -1.82. The monoisotopic (exact) mass is 281 g/mol. The number of sulfonamides is 1. The van der Waals surface area contributed by atoms with E-state index in [0.29, 0.717) is 6.42 Å². The molecule has 1 aromatic rings. The summed E-state index contributed by atoms with van der Waals surface area (Å²) in [4.78, 5) is 11.7. The fourth-order valence-electron chi connectivity index (χ4n) is 1.98. The predicted molar refractivity (Wildman–Crippen MR) is 69.8 cm³/mol. The van der Waals surface area contributed by atoms with E-state index in [1.807, 2.05) is 4.72 Å². The number of benzene rings is 1. The van der Waals surface area contributed by atoms with Crippen molar-refractivity contribution >= 4 is 15.9 Å². The number of phenolic OH excluding ortho intramolecular Hbond substituents is 1. The SMILES string of the molecule is C=C[C@@H]1C[C@]1(C)C(=O)NS(=O)(=O)c1ccccc1O. The minimum atomic E-state index is -4.05. The van der Waals surface area contributed by atoms with Crippen LogP contribution in [0.5, 0.6) is 5.75 Å². The summed E-state index contributed by atoms with van der Waals surface area (Å²) in [5, 5.41) is 9.53. The number of hydrogen-bond donors (Lipinski definition) is 2. The highest BCUT2D eigenvalue weighted by Crippen LogP contribution is 2.53. The first-order valence-electron chi connectivity index (χ1n) is 5.79. The maximum Gasteiger partial charge on any atom is 0.267 e. The van der Waals surface area contributed by atoms with Crippen molar-refractivity contribution in [1.82, 2.24) is 4.72 Å². The molecule has 0 bridgehead atoms. The van der Waals surface area contributed by atoms with E-state index in [-0.39, 0.29) is 16.6 Å². The Morgan fingerprint density at radius 2 is 2.16 bits per heavy atom. The molecule has 1 aliphatic rings. The molecule has 1 saturated carbocycles. The molecule has 2 atom stereocenters. The van der Waals surface area contributed by atoms with Crippen LogP contribution in [0.4, 0.5) is 0 Å². The lowest BCUT2D eigenvalue weighted by Gasteiger charge is -2.12. The third-order valence-electron chi connectivity index (χ3n) is 3.49. The van der Waals surface area contributed by atoms with Gasteiger partial charge >= 0.3 is 0 Å². The lowest BCUT2D eigenvalue weighted by molar-refractivity contribution is -0.124. The number of carbonyl (C=O) groups excluding carboxylic acids is 1. The first-order chi connectivity index (χ1) is 8.81. The van der Waals surface area contributed by atoms with Gasteiger partial charge in [-0.3, -0.25) is 4.79 Å². The second kappa shape index (κ2) is 4.38. The fourth-order valence-corrected chi connectivity index (χ4v) is 3.17. The van der Waals surface area contributed by atoms with E-state index >= 15 is 0 Å². The Morgan fingerprint density at radius 1 is 1.53 bits per heavy atom. The Balaban J connectivity index is 2.22. The van der Waals surface area contributed by atoms with Crippen molar-refractivity contribution in [2.75, 3.05) is 0 Å². The first-order valence-corrected chi connectivity index (χ1v) is 7.27. The second-order valence-corrected chi connectivity index (χ2v) is 6.52. The molecule has 2 N–H and O–H groups in total. The molecule has 0 aromatic heterocycles. The normalized spacial score (nSPS) is 25.6. The molecule has 0 heterocycles. The number of allylic oxidation sites excluding steroid dienone is 1. The molecule has 0 spiro atoms. The van der Waals surface area contributed by atoms with Crippen LogP contribution in [0.2, 0.25) is 0 Å². The highest BCUT2D eigenvalue weighted by Gasteiger charge is 2.55. The summed E-state index contributed by atoms with van der Waals surface area (Å²) < 4.78 is 26.0. The summed E-state index contributed by atoms with van der Waals surface area (Å²) in [6, 6.07) is 5.48. The number of nitrogens with one attached hydrogen (secondary N) is 1. The third kappa shape index (κ3) is 2.35. The van der Waals surface area contributed by atoms with Crippen LogP contribution in [-0.2, 0) is 14.8 Å². The molecule has 0 radical (unpaired) electrons. The van der Waals surface area contributed by atoms with Gasteiger partial charge < -0.3 is 5.11 Å². The van der Waals surface area contributed by atoms with Gasteiger partial charge in [-0.15, -0.1) is 6.58 Å². The molecule has 0 saturated heterocycles. The maximum absolute atomic E-state index is 12.0. The average molecular weight is 281 g/mol. The molecule has 102 valence electrons. The minimum Gasteiger partial charge on any atom is -0.507 e. The quantitative estimate of drug-likeness (QED) is 0.817. The zero-order chi connectivity index (χ0) is 14.3. The number of carbonyl (C=O) groups is 1. The summed E-state index contributed by atoms with van der Waals surface area (Å²) in [5.74, 6) is -0.961. The summed E-state index contributed by atoms with van der Waals surface area (Å²) in [6.07, 6.45) is 2.23. The van der Waals surface area contributed by atoms with Crippen molar-refractivity contribution in [3.05, 3.63) is 36.9 Å². The predicted octanol–water partition coefficient (Wildman–Crippen LogP) is 1.41. The van der Waals surface area contributed by atoms with Crippen LogP contribution in [0, 0.1) is 11.3 Å². The standard InChI is InChI=1S/C13H15NO4S/c1-3-9-8-13(9,2)12(16)14-19(17,18)11-7-5-4-6-10(11)15/h3-7,9,15H,1,8H2,2H3,(H,14,16)/t9-,13+/m1/s1. The van der Waals surface area contributed by atoms with E-state index in [4.69, 9.17) is 0 Å². The van der Waals surface area contributed by atoms with Gasteiger partial charge in [-0.2, -0.15) is 0 Å². The Morgan fingerprint density at radius 3 is 2.68 bits per heavy atom. The fraction of sp³-hybridized carbons (Fsp3) is 0.308. The molecule has 5 nitrogen and oxygen atoms in total. The third-order valence-corrected chi connectivity index (χ3v) is 4.87.